The number of hydrogen-bond donors (Lipinski definition) is 1. The van der Waals surface area contributed by atoms with Crippen molar-refractivity contribution in [2.75, 3.05) is 26.2 Å². The van der Waals surface area contributed by atoms with Crippen molar-refractivity contribution in [1.29, 1.82) is 0 Å². The zero-order chi connectivity index (χ0) is 12.4. The molecule has 1 aliphatic carbocycles. The van der Waals surface area contributed by atoms with Gasteiger partial charge in [-0.1, -0.05) is 6.07 Å². The first-order valence-corrected chi connectivity index (χ1v) is 8.14. The normalized spacial score (nSPS) is 30.3. The third-order valence-corrected chi connectivity index (χ3v) is 5.40. The summed E-state index contributed by atoms with van der Waals surface area (Å²) >= 11 is 1.89. The number of rotatable bonds is 4. The van der Waals surface area contributed by atoms with Crippen LogP contribution < -0.4 is 5.32 Å². The van der Waals surface area contributed by atoms with Crippen molar-refractivity contribution in [2.24, 2.45) is 5.92 Å². The Morgan fingerprint density at radius 2 is 2.39 bits per heavy atom. The fourth-order valence-corrected chi connectivity index (χ4v) is 3.88. The average molecular weight is 264 g/mol. The van der Waals surface area contributed by atoms with Crippen molar-refractivity contribution in [2.45, 2.75) is 38.1 Å². The van der Waals surface area contributed by atoms with E-state index in [0.29, 0.717) is 5.54 Å². The third kappa shape index (κ3) is 2.95. The van der Waals surface area contributed by atoms with E-state index in [1.165, 1.54) is 56.7 Å². The molecular weight excluding hydrogens is 240 g/mol. The predicted octanol–water partition coefficient (Wildman–Crippen LogP) is 2.75. The molecule has 1 unspecified atom stereocenters. The zero-order valence-corrected chi connectivity index (χ0v) is 12.1. The minimum absolute atomic E-state index is 0.381. The summed E-state index contributed by atoms with van der Waals surface area (Å²) in [6.07, 6.45) is 5.38. The molecule has 1 N–H and O–H groups in total. The van der Waals surface area contributed by atoms with Gasteiger partial charge in [-0.25, -0.2) is 0 Å². The highest BCUT2D eigenvalue weighted by molar-refractivity contribution is 7.09. The SMILES string of the molecule is CC1(C2CC2)CN(CCc2cccs2)CCCN1. The van der Waals surface area contributed by atoms with E-state index in [9.17, 15) is 0 Å². The Labute approximate surface area is 114 Å². The van der Waals surface area contributed by atoms with Gasteiger partial charge >= 0.3 is 0 Å². The first-order chi connectivity index (χ1) is 8.76. The van der Waals surface area contributed by atoms with Gasteiger partial charge in [0.25, 0.3) is 0 Å². The van der Waals surface area contributed by atoms with Gasteiger partial charge in [0, 0.05) is 23.5 Å². The second-order valence-electron chi connectivity index (χ2n) is 6.08. The molecule has 2 fully saturated rings. The summed E-state index contributed by atoms with van der Waals surface area (Å²) < 4.78 is 0. The molecule has 1 aromatic rings. The minimum atomic E-state index is 0.381. The Bertz CT molecular complexity index is 372. The molecule has 1 saturated heterocycles. The van der Waals surface area contributed by atoms with Crippen LogP contribution in [0.15, 0.2) is 17.5 Å². The monoisotopic (exact) mass is 264 g/mol. The molecule has 2 aliphatic rings. The highest BCUT2D eigenvalue weighted by atomic mass is 32.1. The fourth-order valence-electron chi connectivity index (χ4n) is 3.18. The standard InChI is InChI=1S/C15H24N2S/c1-15(13-5-6-13)12-17(9-3-8-16-15)10-7-14-4-2-11-18-14/h2,4,11,13,16H,3,5-10,12H2,1H3. The van der Waals surface area contributed by atoms with E-state index in [-0.39, 0.29) is 0 Å². The van der Waals surface area contributed by atoms with Crippen molar-refractivity contribution in [1.82, 2.24) is 10.2 Å². The Hall–Kier alpha value is -0.380. The summed E-state index contributed by atoms with van der Waals surface area (Å²) in [4.78, 5) is 4.21. The summed E-state index contributed by atoms with van der Waals surface area (Å²) in [5.74, 6) is 0.930. The van der Waals surface area contributed by atoms with E-state index < -0.39 is 0 Å². The summed E-state index contributed by atoms with van der Waals surface area (Å²) in [5, 5.41) is 5.99. The summed E-state index contributed by atoms with van der Waals surface area (Å²) in [6.45, 7) is 7.37. The maximum absolute atomic E-state index is 3.80. The Morgan fingerprint density at radius 1 is 1.50 bits per heavy atom. The van der Waals surface area contributed by atoms with Crippen molar-refractivity contribution in [3.8, 4) is 0 Å². The highest BCUT2D eigenvalue weighted by Crippen LogP contribution is 2.40. The van der Waals surface area contributed by atoms with Crippen LogP contribution >= 0.6 is 11.3 Å². The Morgan fingerprint density at radius 3 is 3.11 bits per heavy atom. The maximum Gasteiger partial charge on any atom is 0.0308 e. The predicted molar refractivity (Wildman–Crippen MR) is 78.2 cm³/mol. The molecular formula is C15H24N2S. The van der Waals surface area contributed by atoms with Crippen molar-refractivity contribution in [3.05, 3.63) is 22.4 Å². The summed E-state index contributed by atoms with van der Waals surface area (Å²) in [5.41, 5.74) is 0.381. The number of nitrogens with zero attached hydrogens (tertiary/aromatic N) is 1. The second-order valence-corrected chi connectivity index (χ2v) is 7.11. The van der Waals surface area contributed by atoms with Gasteiger partial charge in [-0.3, -0.25) is 0 Å². The second kappa shape index (κ2) is 5.32. The first kappa shape index (κ1) is 12.6. The van der Waals surface area contributed by atoms with Gasteiger partial charge in [-0.15, -0.1) is 11.3 Å². The van der Waals surface area contributed by atoms with Crippen molar-refractivity contribution >= 4 is 11.3 Å². The van der Waals surface area contributed by atoms with Gasteiger partial charge in [0.05, 0.1) is 0 Å². The van der Waals surface area contributed by atoms with E-state index in [1.54, 1.807) is 0 Å². The quantitative estimate of drug-likeness (QED) is 0.899. The first-order valence-electron chi connectivity index (χ1n) is 7.26. The van der Waals surface area contributed by atoms with Gasteiger partial charge in [-0.2, -0.15) is 0 Å². The van der Waals surface area contributed by atoms with Gasteiger partial charge < -0.3 is 10.2 Å². The average Bonchev–Trinajstić information content (AvgIpc) is 3.12. The number of nitrogens with one attached hydrogen (secondary N) is 1. The van der Waals surface area contributed by atoms with E-state index >= 15 is 0 Å². The molecule has 0 aromatic carbocycles. The van der Waals surface area contributed by atoms with E-state index in [4.69, 9.17) is 0 Å². The molecule has 2 nitrogen and oxygen atoms in total. The molecule has 1 aromatic heterocycles. The Balaban J connectivity index is 1.57. The van der Waals surface area contributed by atoms with E-state index in [2.05, 4.69) is 34.7 Å². The van der Waals surface area contributed by atoms with Crippen LogP contribution in [0.4, 0.5) is 0 Å². The van der Waals surface area contributed by atoms with Crippen LogP contribution in [-0.2, 0) is 6.42 Å². The molecule has 0 amide bonds. The molecule has 0 radical (unpaired) electrons. The minimum Gasteiger partial charge on any atom is -0.310 e. The van der Waals surface area contributed by atoms with Gasteiger partial charge in [0.15, 0.2) is 0 Å². The molecule has 1 aliphatic heterocycles. The van der Waals surface area contributed by atoms with Crippen LogP contribution in [-0.4, -0.2) is 36.6 Å². The molecule has 3 heteroatoms. The summed E-state index contributed by atoms with van der Waals surface area (Å²) in [7, 11) is 0. The lowest BCUT2D eigenvalue weighted by Gasteiger charge is -2.34. The zero-order valence-electron chi connectivity index (χ0n) is 11.3. The van der Waals surface area contributed by atoms with E-state index in [0.717, 1.165) is 5.92 Å². The molecule has 0 spiro atoms. The van der Waals surface area contributed by atoms with Crippen LogP contribution in [0, 0.1) is 5.92 Å². The largest absolute Gasteiger partial charge is 0.310 e. The fraction of sp³-hybridized carbons (Fsp3) is 0.733. The van der Waals surface area contributed by atoms with Crippen molar-refractivity contribution < 1.29 is 0 Å². The highest BCUT2D eigenvalue weighted by Gasteiger charge is 2.42. The molecule has 1 atom stereocenters. The van der Waals surface area contributed by atoms with Crippen molar-refractivity contribution in [3.63, 3.8) is 0 Å². The maximum atomic E-state index is 3.80. The van der Waals surface area contributed by atoms with Crippen LogP contribution in [0.25, 0.3) is 0 Å². The number of thiophene rings is 1. The van der Waals surface area contributed by atoms with Crippen LogP contribution in [0.1, 0.15) is 31.1 Å². The van der Waals surface area contributed by atoms with Crippen LogP contribution in [0.3, 0.4) is 0 Å². The van der Waals surface area contributed by atoms with Crippen LogP contribution in [0.5, 0.6) is 0 Å². The van der Waals surface area contributed by atoms with Crippen LogP contribution in [0.2, 0.25) is 0 Å². The van der Waals surface area contributed by atoms with Gasteiger partial charge in [-0.05, 0) is 63.1 Å². The Kier molecular flexibility index (Phi) is 3.73. The molecule has 100 valence electrons. The number of hydrogen-bond acceptors (Lipinski definition) is 3. The molecule has 0 bridgehead atoms. The molecule has 3 rings (SSSR count). The van der Waals surface area contributed by atoms with E-state index in [1.807, 2.05) is 11.3 Å². The topological polar surface area (TPSA) is 15.3 Å². The molecule has 18 heavy (non-hydrogen) atoms. The van der Waals surface area contributed by atoms with Gasteiger partial charge in [0.1, 0.15) is 0 Å². The smallest absolute Gasteiger partial charge is 0.0308 e. The lowest BCUT2D eigenvalue weighted by atomic mass is 9.95. The van der Waals surface area contributed by atoms with Gasteiger partial charge in [0.2, 0.25) is 0 Å². The lowest BCUT2D eigenvalue weighted by Crippen LogP contribution is -2.51. The molecule has 2 heterocycles. The third-order valence-electron chi connectivity index (χ3n) is 4.46. The summed E-state index contributed by atoms with van der Waals surface area (Å²) in [6, 6.07) is 4.43. The molecule has 1 saturated carbocycles. The lowest BCUT2D eigenvalue weighted by molar-refractivity contribution is 0.203.